The highest BCUT2D eigenvalue weighted by Crippen LogP contribution is 2.26. The lowest BCUT2D eigenvalue weighted by Crippen LogP contribution is -2.15. The summed E-state index contributed by atoms with van der Waals surface area (Å²) in [6, 6.07) is 5.09. The average molecular weight is 343 g/mol. The maximum Gasteiger partial charge on any atom is 0.350 e. The Morgan fingerprint density at radius 2 is 2.29 bits per heavy atom. The summed E-state index contributed by atoms with van der Waals surface area (Å²) in [6.45, 7) is 0. The van der Waals surface area contributed by atoms with Gasteiger partial charge in [0.05, 0.1) is 23.6 Å². The van der Waals surface area contributed by atoms with Crippen LogP contribution in [0, 0.1) is 0 Å². The Labute approximate surface area is 134 Å². The number of rotatable bonds is 5. The Morgan fingerprint density at radius 3 is 3.00 bits per heavy atom. The largest absolute Gasteiger partial charge is 0.465 e. The van der Waals surface area contributed by atoms with Gasteiger partial charge in [-0.1, -0.05) is 23.4 Å². The van der Waals surface area contributed by atoms with Gasteiger partial charge in [0.2, 0.25) is 5.91 Å². The summed E-state index contributed by atoms with van der Waals surface area (Å²) in [6.07, 6.45) is 1.61. The molecule has 110 valence electrons. The van der Waals surface area contributed by atoms with Crippen molar-refractivity contribution in [3.05, 3.63) is 39.7 Å². The number of hydrogen-bond acceptors (Lipinski definition) is 6. The molecule has 0 aliphatic heterocycles. The zero-order chi connectivity index (χ0) is 15.2. The van der Waals surface area contributed by atoms with E-state index in [0.717, 1.165) is 0 Å². The molecular formula is C13H11ClN2O3S2. The number of thiophene rings is 1. The average Bonchev–Trinajstić information content (AvgIpc) is 2.93. The number of carbonyl (C=O) groups is 2. The molecule has 1 amide bonds. The lowest BCUT2D eigenvalue weighted by molar-refractivity contribution is -0.113. The fourth-order valence-electron chi connectivity index (χ4n) is 1.46. The number of ether oxygens (including phenoxy) is 1. The van der Waals surface area contributed by atoms with Crippen molar-refractivity contribution in [3.8, 4) is 0 Å². The van der Waals surface area contributed by atoms with Gasteiger partial charge < -0.3 is 10.1 Å². The lowest BCUT2D eigenvalue weighted by Gasteiger charge is -2.06. The Kier molecular flexibility index (Phi) is 5.60. The predicted molar refractivity (Wildman–Crippen MR) is 84.3 cm³/mol. The number of methoxy groups -OCH3 is 1. The van der Waals surface area contributed by atoms with Gasteiger partial charge in [-0.2, -0.15) is 0 Å². The molecule has 0 bridgehead atoms. The molecular weight excluding hydrogens is 332 g/mol. The number of carbonyl (C=O) groups excluding carboxylic acids is 2. The molecule has 0 fully saturated rings. The van der Waals surface area contributed by atoms with Crippen molar-refractivity contribution in [1.29, 1.82) is 0 Å². The van der Waals surface area contributed by atoms with E-state index >= 15 is 0 Å². The first-order chi connectivity index (χ1) is 10.1. The smallest absolute Gasteiger partial charge is 0.350 e. The molecule has 0 spiro atoms. The molecule has 2 aromatic heterocycles. The molecule has 21 heavy (non-hydrogen) atoms. The van der Waals surface area contributed by atoms with Gasteiger partial charge in [-0.05, 0) is 23.6 Å². The van der Waals surface area contributed by atoms with E-state index in [2.05, 4.69) is 15.0 Å². The topological polar surface area (TPSA) is 68.3 Å². The minimum atomic E-state index is -0.472. The maximum atomic E-state index is 11.9. The van der Waals surface area contributed by atoms with Crippen molar-refractivity contribution in [2.45, 2.75) is 5.03 Å². The molecule has 8 heteroatoms. The summed E-state index contributed by atoms with van der Waals surface area (Å²) in [5.74, 6) is -0.571. The molecule has 2 aromatic rings. The Bertz CT molecular complexity index is 660. The fourth-order valence-corrected chi connectivity index (χ4v) is 3.19. The number of hydrogen-bond donors (Lipinski definition) is 1. The molecule has 0 aliphatic carbocycles. The van der Waals surface area contributed by atoms with Gasteiger partial charge in [-0.3, -0.25) is 4.79 Å². The van der Waals surface area contributed by atoms with Crippen LogP contribution in [-0.2, 0) is 9.53 Å². The maximum absolute atomic E-state index is 11.9. The summed E-state index contributed by atoms with van der Waals surface area (Å²) in [7, 11) is 1.30. The van der Waals surface area contributed by atoms with Gasteiger partial charge >= 0.3 is 5.97 Å². The minimum Gasteiger partial charge on any atom is -0.465 e. The molecule has 2 rings (SSSR count). The molecule has 0 saturated heterocycles. The van der Waals surface area contributed by atoms with Crippen molar-refractivity contribution in [2.75, 3.05) is 18.2 Å². The number of pyridine rings is 1. The number of anilines is 1. The van der Waals surface area contributed by atoms with Gasteiger partial charge in [0.1, 0.15) is 9.90 Å². The summed E-state index contributed by atoms with van der Waals surface area (Å²) < 4.78 is 4.65. The van der Waals surface area contributed by atoms with E-state index < -0.39 is 5.97 Å². The molecule has 0 aliphatic rings. The summed E-state index contributed by atoms with van der Waals surface area (Å²) in [5.41, 5.74) is 0.449. The number of amides is 1. The van der Waals surface area contributed by atoms with Crippen LogP contribution in [0.2, 0.25) is 5.02 Å². The Hall–Kier alpha value is -1.57. The van der Waals surface area contributed by atoms with E-state index in [-0.39, 0.29) is 11.7 Å². The standard InChI is InChI=1S/C13H11ClN2O3S2/c1-19-13(18)11-9(4-6-20-11)16-10(17)7-21-12-8(14)3-2-5-15-12/h2-6H,7H2,1H3,(H,16,17). The van der Waals surface area contributed by atoms with E-state index in [9.17, 15) is 9.59 Å². The van der Waals surface area contributed by atoms with Gasteiger partial charge in [0.15, 0.2) is 0 Å². The summed E-state index contributed by atoms with van der Waals surface area (Å²) in [5, 5.41) is 5.48. The number of aromatic nitrogens is 1. The number of nitrogens with one attached hydrogen (secondary N) is 1. The number of esters is 1. The Morgan fingerprint density at radius 1 is 1.48 bits per heavy atom. The second-order valence-corrected chi connectivity index (χ2v) is 6.07. The van der Waals surface area contributed by atoms with Crippen molar-refractivity contribution >= 4 is 52.3 Å². The highest BCUT2D eigenvalue weighted by atomic mass is 35.5. The summed E-state index contributed by atoms with van der Waals surface area (Å²) in [4.78, 5) is 27.9. The van der Waals surface area contributed by atoms with Crippen LogP contribution < -0.4 is 5.32 Å². The molecule has 0 radical (unpaired) electrons. The number of nitrogens with zero attached hydrogens (tertiary/aromatic N) is 1. The molecule has 0 saturated carbocycles. The van der Waals surface area contributed by atoms with Crippen LogP contribution in [0.5, 0.6) is 0 Å². The quantitative estimate of drug-likeness (QED) is 0.667. The zero-order valence-corrected chi connectivity index (χ0v) is 13.3. The number of thioether (sulfide) groups is 1. The first-order valence-electron chi connectivity index (χ1n) is 5.80. The summed E-state index contributed by atoms with van der Waals surface area (Å²) >= 11 is 8.40. The molecule has 0 atom stereocenters. The second-order valence-electron chi connectivity index (χ2n) is 3.78. The van der Waals surface area contributed by atoms with Gasteiger partial charge in [0, 0.05) is 6.20 Å². The monoisotopic (exact) mass is 342 g/mol. The first kappa shape index (κ1) is 15.8. The lowest BCUT2D eigenvalue weighted by atomic mass is 10.4. The third-order valence-corrected chi connectivity index (χ3v) is 4.69. The van der Waals surface area contributed by atoms with Crippen molar-refractivity contribution in [3.63, 3.8) is 0 Å². The van der Waals surface area contributed by atoms with Crippen LogP contribution in [0.1, 0.15) is 9.67 Å². The Balaban J connectivity index is 1.95. The van der Waals surface area contributed by atoms with Crippen molar-refractivity contribution in [1.82, 2.24) is 4.98 Å². The molecule has 5 nitrogen and oxygen atoms in total. The van der Waals surface area contributed by atoms with E-state index in [0.29, 0.717) is 20.6 Å². The highest BCUT2D eigenvalue weighted by molar-refractivity contribution is 8.00. The van der Waals surface area contributed by atoms with Gasteiger partial charge in [-0.25, -0.2) is 9.78 Å². The van der Waals surface area contributed by atoms with E-state index in [1.54, 1.807) is 29.8 Å². The number of halogens is 1. The van der Waals surface area contributed by atoms with Crippen LogP contribution in [0.4, 0.5) is 5.69 Å². The van der Waals surface area contributed by atoms with Crippen LogP contribution in [0.25, 0.3) is 0 Å². The van der Waals surface area contributed by atoms with Gasteiger partial charge in [-0.15, -0.1) is 11.3 Å². The molecule has 0 unspecified atom stereocenters. The second kappa shape index (κ2) is 7.44. The molecule has 1 N–H and O–H groups in total. The van der Waals surface area contributed by atoms with E-state index in [1.807, 2.05) is 0 Å². The zero-order valence-electron chi connectivity index (χ0n) is 11.0. The normalized spacial score (nSPS) is 10.2. The van der Waals surface area contributed by atoms with Crippen LogP contribution >= 0.6 is 34.7 Å². The fraction of sp³-hybridized carbons (Fsp3) is 0.154. The highest BCUT2D eigenvalue weighted by Gasteiger charge is 2.16. The van der Waals surface area contributed by atoms with Crippen LogP contribution in [0.3, 0.4) is 0 Å². The third kappa shape index (κ3) is 4.20. The molecule has 0 aromatic carbocycles. The third-order valence-electron chi connectivity index (χ3n) is 2.37. The minimum absolute atomic E-state index is 0.146. The van der Waals surface area contributed by atoms with Crippen LogP contribution in [-0.4, -0.2) is 29.7 Å². The first-order valence-corrected chi connectivity index (χ1v) is 8.05. The van der Waals surface area contributed by atoms with Crippen LogP contribution in [0.15, 0.2) is 34.8 Å². The van der Waals surface area contributed by atoms with Gasteiger partial charge in [0.25, 0.3) is 0 Å². The van der Waals surface area contributed by atoms with Crippen molar-refractivity contribution in [2.24, 2.45) is 0 Å². The molecule has 2 heterocycles. The van der Waals surface area contributed by atoms with E-state index in [1.165, 1.54) is 30.2 Å². The van der Waals surface area contributed by atoms with E-state index in [4.69, 9.17) is 11.6 Å². The van der Waals surface area contributed by atoms with Crippen molar-refractivity contribution < 1.29 is 14.3 Å². The predicted octanol–water partition coefficient (Wildman–Crippen LogP) is 3.31. The SMILES string of the molecule is COC(=O)c1sccc1NC(=O)CSc1ncccc1Cl.